The Labute approximate surface area is 106 Å². The van der Waals surface area contributed by atoms with Gasteiger partial charge in [-0.25, -0.2) is 0 Å². The highest BCUT2D eigenvalue weighted by atomic mass is 19.4. The van der Waals surface area contributed by atoms with Crippen molar-refractivity contribution in [2.45, 2.75) is 12.5 Å². The first-order valence-corrected chi connectivity index (χ1v) is 4.52. The molecule has 0 spiro atoms. The predicted octanol–water partition coefficient (Wildman–Crippen LogP) is 2.92. The molecule has 0 aliphatic carbocycles. The Balaban J connectivity index is 3.57. The van der Waals surface area contributed by atoms with E-state index in [4.69, 9.17) is 0 Å². The first kappa shape index (κ1) is 15.8. The highest BCUT2D eigenvalue weighted by molar-refractivity contribution is 5.48. The zero-order chi connectivity index (χ0) is 15.7. The van der Waals surface area contributed by atoms with Gasteiger partial charge in [0.1, 0.15) is 0 Å². The van der Waals surface area contributed by atoms with E-state index >= 15 is 0 Å². The summed E-state index contributed by atoms with van der Waals surface area (Å²) in [6.45, 7) is 0. The topological polar surface area (TPSA) is 74.5 Å². The van der Waals surface area contributed by atoms with Crippen molar-refractivity contribution in [3.63, 3.8) is 0 Å². The smallest absolute Gasteiger partial charge is 0.462 e. The molecule has 0 aromatic carbocycles. The molecule has 0 N–H and O–H groups in total. The Bertz CT molecular complexity index is 527. The van der Waals surface area contributed by atoms with Crippen LogP contribution >= 0.6 is 0 Å². The second-order valence-corrected chi connectivity index (χ2v) is 3.17. The summed E-state index contributed by atoms with van der Waals surface area (Å²) >= 11 is 0. The molecule has 1 rings (SSSR count). The number of hydrogen-bond donors (Lipinski definition) is 0. The minimum absolute atomic E-state index is 0.0845. The molecule has 1 aromatic heterocycles. The largest absolute Gasteiger partial charge is 0.573 e. The fourth-order valence-electron chi connectivity index (χ4n) is 1.19. The third-order valence-electron chi connectivity index (χ3n) is 1.83. The number of nitro groups is 1. The SMILES string of the molecule is COc1nc([N+](=O)[O-])cc(OC(F)(F)F)c1C(F)(F)F. The van der Waals surface area contributed by atoms with Crippen molar-refractivity contribution in [2.75, 3.05) is 7.11 Å². The van der Waals surface area contributed by atoms with Crippen LogP contribution in [0.25, 0.3) is 0 Å². The Morgan fingerprint density at radius 3 is 2.15 bits per heavy atom. The molecule has 1 heterocycles. The van der Waals surface area contributed by atoms with E-state index in [-0.39, 0.29) is 6.07 Å². The summed E-state index contributed by atoms with van der Waals surface area (Å²) < 4.78 is 81.5. The molecule has 12 heteroatoms. The maximum absolute atomic E-state index is 12.7. The lowest BCUT2D eigenvalue weighted by molar-refractivity contribution is -0.390. The molecule has 1 aromatic rings. The van der Waals surface area contributed by atoms with Gasteiger partial charge in [-0.3, -0.25) is 0 Å². The van der Waals surface area contributed by atoms with E-state index in [2.05, 4.69) is 14.5 Å². The second-order valence-electron chi connectivity index (χ2n) is 3.17. The number of rotatable bonds is 3. The van der Waals surface area contributed by atoms with Gasteiger partial charge in [-0.15, -0.1) is 13.2 Å². The fourth-order valence-corrected chi connectivity index (χ4v) is 1.19. The standard InChI is InChI=1S/C8H4F6N2O4/c1-19-6-5(7(9,10)11)3(20-8(12,13)14)2-4(15-6)16(17)18/h2H,1H3. The van der Waals surface area contributed by atoms with E-state index in [0.29, 0.717) is 7.11 Å². The third kappa shape index (κ3) is 3.61. The molecular weight excluding hydrogens is 302 g/mol. The van der Waals surface area contributed by atoms with Gasteiger partial charge in [-0.1, -0.05) is 0 Å². The first-order chi connectivity index (χ1) is 8.95. The quantitative estimate of drug-likeness (QED) is 0.487. The molecule has 0 amide bonds. The van der Waals surface area contributed by atoms with E-state index in [1.807, 2.05) is 0 Å². The lowest BCUT2D eigenvalue weighted by Gasteiger charge is -2.15. The normalized spacial score (nSPS) is 12.2. The highest BCUT2D eigenvalue weighted by Gasteiger charge is 2.45. The molecule has 0 saturated carbocycles. The van der Waals surface area contributed by atoms with Gasteiger partial charge < -0.3 is 19.6 Å². The fraction of sp³-hybridized carbons (Fsp3) is 0.375. The summed E-state index contributed by atoms with van der Waals surface area (Å²) in [5.74, 6) is -4.50. The van der Waals surface area contributed by atoms with Crippen molar-refractivity contribution in [3.8, 4) is 11.6 Å². The molecule has 6 nitrogen and oxygen atoms in total. The van der Waals surface area contributed by atoms with Crippen LogP contribution in [0.2, 0.25) is 0 Å². The molecule has 0 radical (unpaired) electrons. The summed E-state index contributed by atoms with van der Waals surface area (Å²) in [7, 11) is 0.665. The van der Waals surface area contributed by atoms with E-state index in [1.165, 1.54) is 0 Å². The summed E-state index contributed by atoms with van der Waals surface area (Å²) in [5, 5.41) is 10.4. The Morgan fingerprint density at radius 1 is 1.25 bits per heavy atom. The molecule has 0 atom stereocenters. The zero-order valence-corrected chi connectivity index (χ0v) is 9.37. The summed E-state index contributed by atoms with van der Waals surface area (Å²) in [6, 6.07) is -0.0845. The van der Waals surface area contributed by atoms with Gasteiger partial charge in [0, 0.05) is 4.98 Å². The Hall–Kier alpha value is -2.27. The molecule has 20 heavy (non-hydrogen) atoms. The van der Waals surface area contributed by atoms with Gasteiger partial charge in [0.05, 0.1) is 13.2 Å². The van der Waals surface area contributed by atoms with Crippen LogP contribution in [0.15, 0.2) is 6.07 Å². The van der Waals surface area contributed by atoms with Crippen LogP contribution in [0.3, 0.4) is 0 Å². The number of halogens is 6. The summed E-state index contributed by atoms with van der Waals surface area (Å²) in [5.41, 5.74) is -2.00. The predicted molar refractivity (Wildman–Crippen MR) is 49.1 cm³/mol. The van der Waals surface area contributed by atoms with Gasteiger partial charge in [0.15, 0.2) is 11.3 Å². The van der Waals surface area contributed by atoms with Crippen LogP contribution in [-0.4, -0.2) is 23.4 Å². The Morgan fingerprint density at radius 2 is 1.80 bits per heavy atom. The molecule has 0 aliphatic heterocycles. The van der Waals surface area contributed by atoms with Crippen LogP contribution in [0, 0.1) is 10.1 Å². The van der Waals surface area contributed by atoms with Crippen molar-refractivity contribution in [1.29, 1.82) is 0 Å². The number of aromatic nitrogens is 1. The van der Waals surface area contributed by atoms with E-state index in [1.54, 1.807) is 0 Å². The maximum Gasteiger partial charge on any atom is 0.573 e. The van der Waals surface area contributed by atoms with Crippen molar-refractivity contribution >= 4 is 5.82 Å². The molecule has 112 valence electrons. The number of ether oxygens (including phenoxy) is 2. The summed E-state index contributed by atoms with van der Waals surface area (Å²) in [6.07, 6.45) is -10.8. The van der Waals surface area contributed by atoms with Gasteiger partial charge in [0.2, 0.25) is 0 Å². The highest BCUT2D eigenvalue weighted by Crippen LogP contribution is 2.44. The number of methoxy groups -OCH3 is 1. The number of alkyl halides is 6. The third-order valence-corrected chi connectivity index (χ3v) is 1.83. The minimum atomic E-state index is -5.47. The molecule has 0 aliphatic rings. The average Bonchev–Trinajstić information content (AvgIpc) is 2.23. The number of nitrogens with zero attached hydrogens (tertiary/aromatic N) is 2. The Kier molecular flexibility index (Phi) is 3.96. The van der Waals surface area contributed by atoms with Crippen LogP contribution in [0.5, 0.6) is 11.6 Å². The lowest BCUT2D eigenvalue weighted by Crippen LogP contribution is -2.21. The van der Waals surface area contributed by atoms with Gasteiger partial charge in [-0.05, 0) is 4.92 Å². The van der Waals surface area contributed by atoms with E-state index in [0.717, 1.165) is 0 Å². The van der Waals surface area contributed by atoms with Crippen molar-refractivity contribution in [2.24, 2.45) is 0 Å². The second kappa shape index (κ2) is 5.02. The monoisotopic (exact) mass is 306 g/mol. The number of pyridine rings is 1. The van der Waals surface area contributed by atoms with E-state index in [9.17, 15) is 36.5 Å². The summed E-state index contributed by atoms with van der Waals surface area (Å²) in [4.78, 5) is 12.0. The molecular formula is C8H4F6N2O4. The molecule has 0 saturated heterocycles. The maximum atomic E-state index is 12.7. The zero-order valence-electron chi connectivity index (χ0n) is 9.37. The van der Waals surface area contributed by atoms with Crippen LogP contribution in [0.4, 0.5) is 32.2 Å². The van der Waals surface area contributed by atoms with Crippen molar-refractivity contribution in [1.82, 2.24) is 4.98 Å². The minimum Gasteiger partial charge on any atom is -0.462 e. The van der Waals surface area contributed by atoms with Crippen LogP contribution in [-0.2, 0) is 6.18 Å². The van der Waals surface area contributed by atoms with E-state index < -0.39 is 40.5 Å². The van der Waals surface area contributed by atoms with Gasteiger partial charge >= 0.3 is 24.2 Å². The van der Waals surface area contributed by atoms with Crippen LogP contribution in [0.1, 0.15) is 5.56 Å². The molecule has 0 bridgehead atoms. The first-order valence-electron chi connectivity index (χ1n) is 4.52. The van der Waals surface area contributed by atoms with Crippen molar-refractivity contribution in [3.05, 3.63) is 21.7 Å². The lowest BCUT2D eigenvalue weighted by atomic mass is 10.2. The molecule has 0 fully saturated rings. The van der Waals surface area contributed by atoms with Gasteiger partial charge in [0.25, 0.3) is 0 Å². The van der Waals surface area contributed by atoms with Gasteiger partial charge in [-0.2, -0.15) is 13.2 Å². The number of hydrogen-bond acceptors (Lipinski definition) is 5. The average molecular weight is 306 g/mol. The van der Waals surface area contributed by atoms with Crippen LogP contribution < -0.4 is 9.47 Å². The van der Waals surface area contributed by atoms with Crippen molar-refractivity contribution < 1.29 is 40.7 Å². The molecule has 0 unspecified atom stereocenters.